The standard InChI is InChI=1S/C14H15N5O6/c1-8-14(19(24)25)9(2)17(16-8)6-5-13(21)15-11-7-10(18(22)23)3-4-12(11)20/h3-4,7,20H,5-6H2,1-2H3,(H,15,21). The van der Waals surface area contributed by atoms with Gasteiger partial charge in [0.1, 0.15) is 17.1 Å². The smallest absolute Gasteiger partial charge is 0.312 e. The molecule has 25 heavy (non-hydrogen) atoms. The molecule has 0 fully saturated rings. The van der Waals surface area contributed by atoms with Crippen LogP contribution in [0.2, 0.25) is 0 Å². The minimum absolute atomic E-state index is 0.0821. The molecule has 11 nitrogen and oxygen atoms in total. The van der Waals surface area contributed by atoms with Crippen molar-refractivity contribution in [2.75, 3.05) is 5.32 Å². The largest absolute Gasteiger partial charge is 0.506 e. The Kier molecular flexibility index (Phi) is 4.96. The molecule has 1 heterocycles. The van der Waals surface area contributed by atoms with Crippen LogP contribution >= 0.6 is 0 Å². The van der Waals surface area contributed by atoms with E-state index in [0.29, 0.717) is 5.69 Å². The molecule has 1 aromatic heterocycles. The van der Waals surface area contributed by atoms with E-state index in [-0.39, 0.29) is 41.5 Å². The Labute approximate surface area is 141 Å². The third kappa shape index (κ3) is 3.88. The van der Waals surface area contributed by atoms with Gasteiger partial charge in [-0.05, 0) is 19.9 Å². The van der Waals surface area contributed by atoms with E-state index in [1.54, 1.807) is 0 Å². The van der Waals surface area contributed by atoms with E-state index in [9.17, 15) is 30.1 Å². The lowest BCUT2D eigenvalue weighted by Gasteiger charge is -2.08. The summed E-state index contributed by atoms with van der Waals surface area (Å²) in [5.41, 5.74) is 0.116. The van der Waals surface area contributed by atoms with Crippen LogP contribution in [0.4, 0.5) is 17.1 Å². The molecule has 0 aliphatic carbocycles. The van der Waals surface area contributed by atoms with Gasteiger partial charge in [-0.3, -0.25) is 29.7 Å². The Morgan fingerprint density at radius 2 is 1.96 bits per heavy atom. The molecule has 11 heteroatoms. The molecule has 132 valence electrons. The van der Waals surface area contributed by atoms with Crippen LogP contribution in [-0.2, 0) is 11.3 Å². The summed E-state index contributed by atoms with van der Waals surface area (Å²) in [5, 5.41) is 37.7. The second-order valence-corrected chi connectivity index (χ2v) is 5.26. The number of benzene rings is 1. The molecule has 0 aliphatic heterocycles. The fourth-order valence-electron chi connectivity index (χ4n) is 2.33. The molecule has 2 N–H and O–H groups in total. The molecule has 1 aromatic carbocycles. The van der Waals surface area contributed by atoms with E-state index in [1.165, 1.54) is 18.5 Å². The minimum atomic E-state index is -0.649. The highest BCUT2D eigenvalue weighted by Crippen LogP contribution is 2.28. The van der Waals surface area contributed by atoms with Crippen LogP contribution in [0.1, 0.15) is 17.8 Å². The molecule has 0 saturated heterocycles. The number of non-ortho nitro benzene ring substituents is 1. The number of nitrogens with zero attached hydrogens (tertiary/aromatic N) is 4. The third-order valence-corrected chi connectivity index (χ3v) is 3.54. The number of nitrogens with one attached hydrogen (secondary N) is 1. The van der Waals surface area contributed by atoms with Crippen molar-refractivity contribution in [2.45, 2.75) is 26.8 Å². The number of nitro groups is 2. The molecule has 0 atom stereocenters. The van der Waals surface area contributed by atoms with Gasteiger partial charge >= 0.3 is 5.69 Å². The first-order chi connectivity index (χ1) is 11.7. The molecular weight excluding hydrogens is 334 g/mol. The first kappa shape index (κ1) is 17.8. The highest BCUT2D eigenvalue weighted by atomic mass is 16.6. The van der Waals surface area contributed by atoms with E-state index in [4.69, 9.17) is 0 Å². The average Bonchev–Trinajstić information content (AvgIpc) is 2.81. The number of phenolic OH excluding ortho intramolecular Hbond substituents is 1. The molecule has 0 saturated carbocycles. The second kappa shape index (κ2) is 6.95. The normalized spacial score (nSPS) is 10.5. The average molecular weight is 349 g/mol. The maximum absolute atomic E-state index is 12.0. The van der Waals surface area contributed by atoms with Gasteiger partial charge in [0.25, 0.3) is 5.69 Å². The van der Waals surface area contributed by atoms with Gasteiger partial charge in [0, 0.05) is 18.6 Å². The molecule has 0 aliphatic rings. The number of aromatic nitrogens is 2. The second-order valence-electron chi connectivity index (χ2n) is 5.26. The predicted octanol–water partition coefficient (Wildman–Crippen LogP) is 2.05. The number of aromatic hydroxyl groups is 1. The first-order valence-corrected chi connectivity index (χ1v) is 7.16. The molecule has 0 spiro atoms. The number of phenols is 1. The Morgan fingerprint density at radius 3 is 2.52 bits per heavy atom. The fraction of sp³-hybridized carbons (Fsp3) is 0.286. The lowest BCUT2D eigenvalue weighted by Crippen LogP contribution is -2.16. The van der Waals surface area contributed by atoms with Crippen LogP contribution in [0.25, 0.3) is 0 Å². The van der Waals surface area contributed by atoms with Crippen LogP contribution in [0.15, 0.2) is 18.2 Å². The number of carbonyl (C=O) groups is 1. The van der Waals surface area contributed by atoms with Gasteiger partial charge in [0.15, 0.2) is 0 Å². The van der Waals surface area contributed by atoms with Crippen molar-refractivity contribution in [1.29, 1.82) is 0 Å². The van der Waals surface area contributed by atoms with E-state index < -0.39 is 15.8 Å². The third-order valence-electron chi connectivity index (χ3n) is 3.54. The van der Waals surface area contributed by atoms with Gasteiger partial charge in [-0.2, -0.15) is 5.10 Å². The quantitative estimate of drug-likeness (QED) is 0.459. The summed E-state index contributed by atoms with van der Waals surface area (Å²) in [6.45, 7) is 3.12. The van der Waals surface area contributed by atoms with Crippen molar-refractivity contribution >= 4 is 23.0 Å². The fourth-order valence-corrected chi connectivity index (χ4v) is 2.33. The minimum Gasteiger partial charge on any atom is -0.506 e. The topological polar surface area (TPSA) is 153 Å². The first-order valence-electron chi connectivity index (χ1n) is 7.16. The van der Waals surface area contributed by atoms with Crippen LogP contribution in [-0.4, -0.2) is 30.6 Å². The highest BCUT2D eigenvalue weighted by Gasteiger charge is 2.22. The van der Waals surface area contributed by atoms with E-state index in [2.05, 4.69) is 10.4 Å². The maximum atomic E-state index is 12.0. The SMILES string of the molecule is Cc1nn(CCC(=O)Nc2cc([N+](=O)[O-])ccc2O)c(C)c1[N+](=O)[O-]. The Hall–Kier alpha value is -3.50. The number of carbonyl (C=O) groups excluding carboxylic acids is 1. The maximum Gasteiger partial charge on any atom is 0.312 e. The summed E-state index contributed by atoms with van der Waals surface area (Å²) in [7, 11) is 0. The van der Waals surface area contributed by atoms with Crippen molar-refractivity contribution < 1.29 is 19.7 Å². The number of anilines is 1. The van der Waals surface area contributed by atoms with Crippen molar-refractivity contribution in [1.82, 2.24) is 9.78 Å². The monoisotopic (exact) mass is 349 g/mol. The molecular formula is C14H15N5O6. The summed E-state index contributed by atoms with van der Waals surface area (Å²) >= 11 is 0. The lowest BCUT2D eigenvalue weighted by molar-refractivity contribution is -0.386. The van der Waals surface area contributed by atoms with Crippen molar-refractivity contribution in [3.8, 4) is 5.75 Å². The van der Waals surface area contributed by atoms with Crippen molar-refractivity contribution in [2.24, 2.45) is 0 Å². The molecule has 0 radical (unpaired) electrons. The van der Waals surface area contributed by atoms with Gasteiger partial charge in [0.2, 0.25) is 5.91 Å². The van der Waals surface area contributed by atoms with Crippen LogP contribution in [0.3, 0.4) is 0 Å². The number of aryl methyl sites for hydroxylation is 2. The van der Waals surface area contributed by atoms with Gasteiger partial charge in [-0.1, -0.05) is 0 Å². The van der Waals surface area contributed by atoms with Crippen LogP contribution in [0.5, 0.6) is 5.75 Å². The van der Waals surface area contributed by atoms with E-state index >= 15 is 0 Å². The van der Waals surface area contributed by atoms with E-state index in [1.807, 2.05) is 0 Å². The van der Waals surface area contributed by atoms with Gasteiger partial charge in [-0.15, -0.1) is 0 Å². The van der Waals surface area contributed by atoms with Crippen LogP contribution < -0.4 is 5.32 Å². The number of amides is 1. The molecule has 2 aromatic rings. The summed E-state index contributed by atoms with van der Waals surface area (Å²) in [6, 6.07) is 3.26. The Bertz CT molecular complexity index is 860. The zero-order chi connectivity index (χ0) is 18.7. The summed E-state index contributed by atoms with van der Waals surface area (Å²) < 4.78 is 1.35. The molecule has 2 rings (SSSR count). The zero-order valence-corrected chi connectivity index (χ0v) is 13.4. The van der Waals surface area contributed by atoms with Gasteiger partial charge in [0.05, 0.1) is 22.1 Å². The van der Waals surface area contributed by atoms with Gasteiger partial charge in [-0.25, -0.2) is 0 Å². The molecule has 0 unspecified atom stereocenters. The van der Waals surface area contributed by atoms with Crippen LogP contribution in [0, 0.1) is 34.1 Å². The summed E-state index contributed by atoms with van der Waals surface area (Å²) in [4.78, 5) is 32.5. The number of nitro benzene ring substituents is 1. The lowest BCUT2D eigenvalue weighted by atomic mass is 10.2. The highest BCUT2D eigenvalue weighted by molar-refractivity contribution is 5.92. The predicted molar refractivity (Wildman–Crippen MR) is 86.4 cm³/mol. The van der Waals surface area contributed by atoms with Gasteiger partial charge < -0.3 is 10.4 Å². The number of hydrogen-bond donors (Lipinski definition) is 2. The van der Waals surface area contributed by atoms with Crippen molar-refractivity contribution in [3.05, 3.63) is 49.8 Å². The van der Waals surface area contributed by atoms with E-state index in [0.717, 1.165) is 18.2 Å². The summed E-state index contributed by atoms with van der Waals surface area (Å²) in [5.74, 6) is -0.827. The molecule has 1 amide bonds. The van der Waals surface area contributed by atoms with Crippen molar-refractivity contribution in [3.63, 3.8) is 0 Å². The zero-order valence-electron chi connectivity index (χ0n) is 13.4. The molecule has 0 bridgehead atoms. The Balaban J connectivity index is 2.07. The number of rotatable bonds is 6. The summed E-state index contributed by atoms with van der Waals surface area (Å²) in [6.07, 6.45) is -0.0821. The Morgan fingerprint density at radius 1 is 1.28 bits per heavy atom. The number of hydrogen-bond acceptors (Lipinski definition) is 7.